The van der Waals surface area contributed by atoms with Crippen LogP contribution in [0.2, 0.25) is 10.0 Å². The largest absolute Gasteiger partial charge is 0.473 e. The van der Waals surface area contributed by atoms with Crippen LogP contribution in [0.15, 0.2) is 18.2 Å². The second-order valence-electron chi connectivity index (χ2n) is 4.01. The van der Waals surface area contributed by atoms with Crippen molar-refractivity contribution in [1.82, 2.24) is 5.32 Å². The molecule has 0 saturated heterocycles. The van der Waals surface area contributed by atoms with Gasteiger partial charge in [0.15, 0.2) is 0 Å². The van der Waals surface area contributed by atoms with Gasteiger partial charge in [0, 0.05) is 22.6 Å². The van der Waals surface area contributed by atoms with Gasteiger partial charge in [-0.05, 0) is 24.1 Å². The van der Waals surface area contributed by atoms with E-state index in [0.29, 0.717) is 16.6 Å². The van der Waals surface area contributed by atoms with Crippen molar-refractivity contribution < 1.29 is 24.9 Å². The summed E-state index contributed by atoms with van der Waals surface area (Å²) >= 11 is 11.8. The Morgan fingerprint density at radius 1 is 1.24 bits per heavy atom. The van der Waals surface area contributed by atoms with Gasteiger partial charge < -0.3 is 20.6 Å². The van der Waals surface area contributed by atoms with Gasteiger partial charge >= 0.3 is 11.9 Å². The minimum absolute atomic E-state index is 0.122. The molecule has 0 aliphatic carbocycles. The molecule has 1 aromatic carbocycles. The van der Waals surface area contributed by atoms with Crippen LogP contribution in [0, 0.1) is 0 Å². The maximum absolute atomic E-state index is 9.10. The first-order valence-corrected chi connectivity index (χ1v) is 6.81. The number of hydrogen-bond acceptors (Lipinski definition) is 4. The third-order valence-corrected chi connectivity index (χ3v) is 3.08. The van der Waals surface area contributed by atoms with Gasteiger partial charge in [0.1, 0.15) is 0 Å². The van der Waals surface area contributed by atoms with Gasteiger partial charge in [-0.25, -0.2) is 9.59 Å². The summed E-state index contributed by atoms with van der Waals surface area (Å²) in [7, 11) is 0. The Kier molecular flexibility index (Phi) is 9.73. The molecule has 0 radical (unpaired) electrons. The molecule has 1 aromatic rings. The van der Waals surface area contributed by atoms with Gasteiger partial charge in [-0.15, -0.1) is 0 Å². The zero-order chi connectivity index (χ0) is 16.4. The van der Waals surface area contributed by atoms with E-state index < -0.39 is 11.9 Å². The minimum atomic E-state index is -1.82. The fraction of sp³-hybridized carbons (Fsp3) is 0.385. The fourth-order valence-electron chi connectivity index (χ4n) is 1.26. The Hall–Kier alpha value is -1.34. The Bertz CT molecular complexity index is 466. The third-order valence-electron chi connectivity index (χ3n) is 2.49. The van der Waals surface area contributed by atoms with Crippen LogP contribution < -0.4 is 5.32 Å². The number of carboxylic acid groups (broad SMARTS) is 2. The summed E-state index contributed by atoms with van der Waals surface area (Å²) in [5.41, 5.74) is 0.993. The molecule has 6 nitrogen and oxygen atoms in total. The number of carbonyl (C=O) groups is 2. The summed E-state index contributed by atoms with van der Waals surface area (Å²) in [4.78, 5) is 18.2. The van der Waals surface area contributed by atoms with Gasteiger partial charge in [-0.1, -0.05) is 36.2 Å². The van der Waals surface area contributed by atoms with Crippen LogP contribution in [-0.4, -0.2) is 39.9 Å². The fourth-order valence-corrected chi connectivity index (χ4v) is 1.73. The van der Waals surface area contributed by atoms with E-state index in [9.17, 15) is 0 Å². The zero-order valence-electron chi connectivity index (χ0n) is 11.3. The van der Waals surface area contributed by atoms with E-state index in [-0.39, 0.29) is 12.6 Å². The summed E-state index contributed by atoms with van der Waals surface area (Å²) in [6, 6.07) is 5.54. The maximum atomic E-state index is 9.10. The molecule has 21 heavy (non-hydrogen) atoms. The Morgan fingerprint density at radius 3 is 2.19 bits per heavy atom. The third kappa shape index (κ3) is 8.52. The number of aliphatic carboxylic acids is 2. The molecule has 0 amide bonds. The predicted molar refractivity (Wildman–Crippen MR) is 79.7 cm³/mol. The van der Waals surface area contributed by atoms with E-state index in [1.54, 1.807) is 6.07 Å². The van der Waals surface area contributed by atoms with E-state index in [0.717, 1.165) is 12.0 Å². The first-order chi connectivity index (χ1) is 9.81. The van der Waals surface area contributed by atoms with Gasteiger partial charge in [-0.2, -0.15) is 0 Å². The van der Waals surface area contributed by atoms with E-state index >= 15 is 0 Å². The zero-order valence-corrected chi connectivity index (χ0v) is 12.9. The lowest BCUT2D eigenvalue weighted by atomic mass is 10.2. The summed E-state index contributed by atoms with van der Waals surface area (Å²) in [6.07, 6.45) is 0.891. The molecule has 0 aliphatic heterocycles. The Labute approximate surface area is 132 Å². The van der Waals surface area contributed by atoms with Crippen LogP contribution >= 0.6 is 23.2 Å². The lowest BCUT2D eigenvalue weighted by molar-refractivity contribution is -0.159. The summed E-state index contributed by atoms with van der Waals surface area (Å²) in [6.45, 7) is 2.81. The van der Waals surface area contributed by atoms with Crippen LogP contribution in [0.4, 0.5) is 0 Å². The minimum Gasteiger partial charge on any atom is -0.473 e. The number of halogens is 2. The molecule has 0 fully saturated rings. The quantitative estimate of drug-likeness (QED) is 0.612. The van der Waals surface area contributed by atoms with Crippen LogP contribution in [0.25, 0.3) is 0 Å². The number of rotatable bonds is 5. The maximum Gasteiger partial charge on any atom is 0.414 e. The van der Waals surface area contributed by atoms with Crippen molar-refractivity contribution in [3.05, 3.63) is 33.8 Å². The first-order valence-electron chi connectivity index (χ1n) is 6.06. The van der Waals surface area contributed by atoms with Crippen molar-refractivity contribution in [2.75, 3.05) is 6.61 Å². The lowest BCUT2D eigenvalue weighted by Gasteiger charge is -2.14. The van der Waals surface area contributed by atoms with Crippen LogP contribution in [0.3, 0.4) is 0 Å². The van der Waals surface area contributed by atoms with Crippen LogP contribution in [0.5, 0.6) is 0 Å². The predicted octanol–water partition coefficient (Wildman–Crippen LogP) is 2.01. The smallest absolute Gasteiger partial charge is 0.414 e. The molecule has 0 aromatic heterocycles. The highest BCUT2D eigenvalue weighted by Crippen LogP contribution is 2.20. The Balaban J connectivity index is 0.000000567. The molecule has 0 saturated carbocycles. The normalized spacial score (nSPS) is 11.2. The summed E-state index contributed by atoms with van der Waals surface area (Å²) in [5, 5.41) is 28.3. The van der Waals surface area contributed by atoms with Crippen molar-refractivity contribution in [2.45, 2.75) is 25.9 Å². The van der Waals surface area contributed by atoms with E-state index in [4.69, 9.17) is 48.1 Å². The average molecular weight is 338 g/mol. The highest BCUT2D eigenvalue weighted by molar-refractivity contribution is 6.35. The van der Waals surface area contributed by atoms with Crippen molar-refractivity contribution in [2.24, 2.45) is 0 Å². The number of nitrogens with one attached hydrogen (secondary N) is 1. The molecular formula is C13H17Cl2NO5. The monoisotopic (exact) mass is 337 g/mol. The Morgan fingerprint density at radius 2 is 1.81 bits per heavy atom. The molecule has 0 aliphatic rings. The molecule has 0 bridgehead atoms. The van der Waals surface area contributed by atoms with Gasteiger partial charge in [0.25, 0.3) is 0 Å². The second-order valence-corrected chi connectivity index (χ2v) is 4.86. The van der Waals surface area contributed by atoms with E-state index in [1.807, 2.05) is 19.1 Å². The van der Waals surface area contributed by atoms with Crippen molar-refractivity contribution in [1.29, 1.82) is 0 Å². The van der Waals surface area contributed by atoms with Gasteiger partial charge in [0.2, 0.25) is 0 Å². The SMILES string of the molecule is CCC(CO)NCc1ccc(Cl)cc1Cl.O=C(O)C(=O)O. The highest BCUT2D eigenvalue weighted by atomic mass is 35.5. The van der Waals surface area contributed by atoms with Crippen LogP contribution in [0.1, 0.15) is 18.9 Å². The second kappa shape index (κ2) is 10.4. The van der Waals surface area contributed by atoms with E-state index in [1.165, 1.54) is 0 Å². The highest BCUT2D eigenvalue weighted by Gasteiger charge is 2.06. The molecule has 4 N–H and O–H groups in total. The van der Waals surface area contributed by atoms with Gasteiger partial charge in [-0.3, -0.25) is 0 Å². The number of aliphatic hydroxyl groups is 1. The van der Waals surface area contributed by atoms with Crippen LogP contribution in [-0.2, 0) is 16.1 Å². The topological polar surface area (TPSA) is 107 Å². The summed E-state index contributed by atoms with van der Waals surface area (Å²) < 4.78 is 0. The molecule has 1 rings (SSSR count). The van der Waals surface area contributed by atoms with Crippen molar-refractivity contribution in [3.8, 4) is 0 Å². The number of hydrogen-bond donors (Lipinski definition) is 4. The molecular weight excluding hydrogens is 321 g/mol. The molecule has 0 heterocycles. The lowest BCUT2D eigenvalue weighted by Crippen LogP contribution is -2.31. The molecule has 1 atom stereocenters. The number of benzene rings is 1. The van der Waals surface area contributed by atoms with Crippen molar-refractivity contribution >= 4 is 35.1 Å². The van der Waals surface area contributed by atoms with Gasteiger partial charge in [0.05, 0.1) is 6.61 Å². The van der Waals surface area contributed by atoms with Crippen molar-refractivity contribution in [3.63, 3.8) is 0 Å². The number of aliphatic hydroxyl groups excluding tert-OH is 1. The average Bonchev–Trinajstić information content (AvgIpc) is 2.42. The molecule has 1 unspecified atom stereocenters. The first kappa shape index (κ1) is 19.7. The molecule has 0 spiro atoms. The molecule has 118 valence electrons. The summed E-state index contributed by atoms with van der Waals surface area (Å²) in [5.74, 6) is -3.65. The molecule has 8 heteroatoms. The standard InChI is InChI=1S/C11H15Cl2NO.C2H2O4/c1-2-10(7-15)14-6-8-3-4-9(12)5-11(8)13;3-1(4)2(5)6/h3-5,10,14-15H,2,6-7H2,1H3;(H,3,4)(H,5,6). The number of carboxylic acids is 2. The van der Waals surface area contributed by atoms with E-state index in [2.05, 4.69) is 5.32 Å².